The molecule has 0 aliphatic carbocycles. The van der Waals surface area contributed by atoms with Gasteiger partial charge in [-0.3, -0.25) is 4.79 Å². The fourth-order valence-corrected chi connectivity index (χ4v) is 2.64. The smallest absolute Gasteiger partial charge is 0.243 e. The van der Waals surface area contributed by atoms with Crippen LogP contribution in [-0.2, 0) is 4.79 Å². The predicted octanol–water partition coefficient (Wildman–Crippen LogP) is 3.48. The highest BCUT2D eigenvalue weighted by Crippen LogP contribution is 2.29. The molecule has 0 aromatic heterocycles. The molecule has 0 saturated carbocycles. The van der Waals surface area contributed by atoms with Gasteiger partial charge in [-0.15, -0.1) is 11.8 Å². The Hall–Kier alpha value is -2.34. The molecular weight excluding hydrogens is 312 g/mol. The summed E-state index contributed by atoms with van der Waals surface area (Å²) >= 11 is 1.63. The standard InChI is InChI=1S/C17H20N2O3S/c1-21-12-8-9-13(15(10-12)22-2)19-17(20)11-18-14-6-4-5-7-16(14)23-3/h4-10,18H,11H2,1-3H3,(H,19,20). The maximum absolute atomic E-state index is 12.1. The molecule has 0 atom stereocenters. The van der Waals surface area contributed by atoms with Gasteiger partial charge in [0.15, 0.2) is 0 Å². The molecule has 2 aromatic carbocycles. The van der Waals surface area contributed by atoms with Crippen molar-refractivity contribution < 1.29 is 14.3 Å². The number of thioether (sulfide) groups is 1. The second-order valence-electron chi connectivity index (χ2n) is 4.67. The number of methoxy groups -OCH3 is 2. The third kappa shape index (κ3) is 4.56. The van der Waals surface area contributed by atoms with Crippen molar-refractivity contribution in [3.63, 3.8) is 0 Å². The third-order valence-electron chi connectivity index (χ3n) is 3.23. The number of rotatable bonds is 7. The van der Waals surface area contributed by atoms with E-state index in [1.54, 1.807) is 44.2 Å². The first-order valence-electron chi connectivity index (χ1n) is 7.06. The molecule has 0 bridgehead atoms. The monoisotopic (exact) mass is 332 g/mol. The maximum Gasteiger partial charge on any atom is 0.243 e. The van der Waals surface area contributed by atoms with Crippen LogP contribution in [0.3, 0.4) is 0 Å². The Morgan fingerprint density at radius 2 is 1.87 bits per heavy atom. The number of amides is 1. The summed E-state index contributed by atoms with van der Waals surface area (Å²) in [6, 6.07) is 13.1. The molecule has 0 aliphatic rings. The van der Waals surface area contributed by atoms with Crippen LogP contribution in [0.25, 0.3) is 0 Å². The second kappa shape index (κ2) is 8.33. The number of carbonyl (C=O) groups excluding carboxylic acids is 1. The lowest BCUT2D eigenvalue weighted by Gasteiger charge is -2.13. The van der Waals surface area contributed by atoms with Gasteiger partial charge in [0.1, 0.15) is 11.5 Å². The van der Waals surface area contributed by atoms with Gasteiger partial charge in [-0.2, -0.15) is 0 Å². The Kier molecular flexibility index (Phi) is 6.17. The normalized spacial score (nSPS) is 10.0. The van der Waals surface area contributed by atoms with Gasteiger partial charge in [0, 0.05) is 16.6 Å². The lowest BCUT2D eigenvalue weighted by Crippen LogP contribution is -2.22. The molecule has 0 aliphatic heterocycles. The van der Waals surface area contributed by atoms with Gasteiger partial charge in [-0.1, -0.05) is 12.1 Å². The Labute approximate surface area is 140 Å². The number of benzene rings is 2. The van der Waals surface area contributed by atoms with Crippen LogP contribution in [0.4, 0.5) is 11.4 Å². The molecule has 0 fully saturated rings. The Bertz CT molecular complexity index is 677. The summed E-state index contributed by atoms with van der Waals surface area (Å²) in [6.45, 7) is 0.173. The molecule has 0 unspecified atom stereocenters. The zero-order valence-electron chi connectivity index (χ0n) is 13.4. The quantitative estimate of drug-likeness (QED) is 0.760. The zero-order valence-corrected chi connectivity index (χ0v) is 14.2. The van der Waals surface area contributed by atoms with E-state index >= 15 is 0 Å². The predicted molar refractivity (Wildman–Crippen MR) is 94.9 cm³/mol. The maximum atomic E-state index is 12.1. The minimum Gasteiger partial charge on any atom is -0.497 e. The first-order valence-corrected chi connectivity index (χ1v) is 8.29. The number of nitrogens with one attached hydrogen (secondary N) is 2. The van der Waals surface area contributed by atoms with Crippen molar-refractivity contribution in [3.8, 4) is 11.5 Å². The fourth-order valence-electron chi connectivity index (χ4n) is 2.06. The van der Waals surface area contributed by atoms with Gasteiger partial charge in [-0.05, 0) is 30.5 Å². The number of hydrogen-bond acceptors (Lipinski definition) is 5. The van der Waals surface area contributed by atoms with Crippen molar-refractivity contribution in [3.05, 3.63) is 42.5 Å². The SMILES string of the molecule is COc1ccc(NC(=O)CNc2ccccc2SC)c(OC)c1. The van der Waals surface area contributed by atoms with Crippen LogP contribution in [0.2, 0.25) is 0 Å². The van der Waals surface area contributed by atoms with Gasteiger partial charge in [0.2, 0.25) is 5.91 Å². The number of ether oxygens (including phenoxy) is 2. The van der Waals surface area contributed by atoms with Crippen LogP contribution in [0.5, 0.6) is 11.5 Å². The molecular formula is C17H20N2O3S. The third-order valence-corrected chi connectivity index (χ3v) is 4.02. The first kappa shape index (κ1) is 17.0. The lowest BCUT2D eigenvalue weighted by atomic mass is 10.2. The van der Waals surface area contributed by atoms with Crippen molar-refractivity contribution in [2.24, 2.45) is 0 Å². The van der Waals surface area contributed by atoms with E-state index in [9.17, 15) is 4.79 Å². The molecule has 0 spiro atoms. The number of hydrogen-bond donors (Lipinski definition) is 2. The van der Waals surface area contributed by atoms with E-state index in [1.807, 2.05) is 30.5 Å². The number of carbonyl (C=O) groups is 1. The summed E-state index contributed by atoms with van der Waals surface area (Å²) in [5.41, 5.74) is 1.55. The molecule has 6 heteroatoms. The number of para-hydroxylation sites is 1. The van der Waals surface area contributed by atoms with E-state index in [4.69, 9.17) is 9.47 Å². The van der Waals surface area contributed by atoms with Crippen LogP contribution in [0.15, 0.2) is 47.4 Å². The summed E-state index contributed by atoms with van der Waals surface area (Å²) in [5.74, 6) is 1.08. The summed E-state index contributed by atoms with van der Waals surface area (Å²) in [7, 11) is 3.14. The summed E-state index contributed by atoms with van der Waals surface area (Å²) in [5, 5.41) is 5.98. The van der Waals surface area contributed by atoms with E-state index in [0.717, 1.165) is 10.6 Å². The number of anilines is 2. The molecule has 23 heavy (non-hydrogen) atoms. The van der Waals surface area contributed by atoms with Crippen molar-refractivity contribution in [1.29, 1.82) is 0 Å². The first-order chi connectivity index (χ1) is 11.2. The second-order valence-corrected chi connectivity index (χ2v) is 5.52. The highest BCUT2D eigenvalue weighted by molar-refractivity contribution is 7.98. The van der Waals surface area contributed by atoms with E-state index in [1.165, 1.54) is 0 Å². The van der Waals surface area contributed by atoms with Crippen LogP contribution in [0.1, 0.15) is 0 Å². The Balaban J connectivity index is 2.00. The Morgan fingerprint density at radius 3 is 2.57 bits per heavy atom. The van der Waals surface area contributed by atoms with Gasteiger partial charge in [-0.25, -0.2) is 0 Å². The molecule has 2 N–H and O–H groups in total. The highest BCUT2D eigenvalue weighted by Gasteiger charge is 2.09. The minimum atomic E-state index is -0.149. The topological polar surface area (TPSA) is 59.6 Å². The average molecular weight is 332 g/mol. The van der Waals surface area contributed by atoms with Gasteiger partial charge in [0.05, 0.1) is 26.5 Å². The Morgan fingerprint density at radius 1 is 1.09 bits per heavy atom. The van der Waals surface area contributed by atoms with Gasteiger partial charge < -0.3 is 20.1 Å². The van der Waals surface area contributed by atoms with E-state index in [-0.39, 0.29) is 12.5 Å². The fraction of sp³-hybridized carbons (Fsp3) is 0.235. The molecule has 122 valence electrons. The van der Waals surface area contributed by atoms with Gasteiger partial charge in [0.25, 0.3) is 0 Å². The highest BCUT2D eigenvalue weighted by atomic mass is 32.2. The average Bonchev–Trinajstić information content (AvgIpc) is 2.60. The van der Waals surface area contributed by atoms with Crippen molar-refractivity contribution >= 4 is 29.0 Å². The molecule has 1 amide bonds. The van der Waals surface area contributed by atoms with E-state index in [2.05, 4.69) is 10.6 Å². The van der Waals surface area contributed by atoms with Crippen molar-refractivity contribution in [1.82, 2.24) is 0 Å². The van der Waals surface area contributed by atoms with Crippen LogP contribution >= 0.6 is 11.8 Å². The van der Waals surface area contributed by atoms with Crippen LogP contribution in [0, 0.1) is 0 Å². The molecule has 0 radical (unpaired) electrons. The molecule has 5 nitrogen and oxygen atoms in total. The van der Waals surface area contributed by atoms with Crippen molar-refractivity contribution in [2.75, 3.05) is 37.7 Å². The summed E-state index contributed by atoms with van der Waals surface area (Å²) in [4.78, 5) is 13.2. The van der Waals surface area contributed by atoms with Gasteiger partial charge >= 0.3 is 0 Å². The van der Waals surface area contributed by atoms with Crippen molar-refractivity contribution in [2.45, 2.75) is 4.90 Å². The lowest BCUT2D eigenvalue weighted by molar-refractivity contribution is -0.114. The van der Waals surface area contributed by atoms with Crippen LogP contribution in [-0.4, -0.2) is 32.9 Å². The van der Waals surface area contributed by atoms with E-state index < -0.39 is 0 Å². The van der Waals surface area contributed by atoms with Crippen LogP contribution < -0.4 is 20.1 Å². The molecule has 0 saturated heterocycles. The largest absolute Gasteiger partial charge is 0.497 e. The molecule has 2 aromatic rings. The zero-order chi connectivity index (χ0) is 16.7. The summed E-state index contributed by atoms with van der Waals surface area (Å²) < 4.78 is 10.4. The molecule has 0 heterocycles. The van der Waals surface area contributed by atoms with E-state index in [0.29, 0.717) is 17.2 Å². The molecule has 2 rings (SSSR count). The summed E-state index contributed by atoms with van der Waals surface area (Å²) in [6.07, 6.45) is 2.00. The minimum absolute atomic E-state index is 0.149.